The Morgan fingerprint density at radius 1 is 1.08 bits per heavy atom. The number of anilines is 2. The Bertz CT molecular complexity index is 862. The molecular weight excluding hydrogens is 408 g/mol. The summed E-state index contributed by atoms with van der Waals surface area (Å²) >= 11 is 3.24. The molecular formula is C17H17BrN2O4S. The Labute approximate surface area is 154 Å². The molecule has 1 atom stereocenters. The summed E-state index contributed by atoms with van der Waals surface area (Å²) in [5.74, 6) is -0.181. The summed E-state index contributed by atoms with van der Waals surface area (Å²) in [6, 6.07) is 13.1. The minimum atomic E-state index is -3.70. The van der Waals surface area contributed by atoms with E-state index in [1.807, 2.05) is 0 Å². The molecule has 1 heterocycles. The molecule has 1 aliphatic heterocycles. The molecule has 1 amide bonds. The number of hydrogen-bond acceptors (Lipinski definition) is 4. The van der Waals surface area contributed by atoms with E-state index < -0.39 is 16.1 Å². The van der Waals surface area contributed by atoms with Crippen LogP contribution in [0.2, 0.25) is 0 Å². The van der Waals surface area contributed by atoms with Gasteiger partial charge in [-0.1, -0.05) is 12.1 Å². The van der Waals surface area contributed by atoms with E-state index in [0.29, 0.717) is 22.5 Å². The third kappa shape index (κ3) is 4.39. The topological polar surface area (TPSA) is 84.5 Å². The van der Waals surface area contributed by atoms with Crippen molar-refractivity contribution in [1.82, 2.24) is 0 Å². The molecule has 1 fully saturated rings. The van der Waals surface area contributed by atoms with Crippen LogP contribution in [0.25, 0.3) is 0 Å². The number of amides is 1. The summed E-state index contributed by atoms with van der Waals surface area (Å²) in [5.41, 5.74) is 0.996. The van der Waals surface area contributed by atoms with Crippen molar-refractivity contribution in [3.8, 4) is 0 Å². The molecule has 2 N–H and O–H groups in total. The Morgan fingerprint density at radius 3 is 2.40 bits per heavy atom. The van der Waals surface area contributed by atoms with Crippen LogP contribution in [0.5, 0.6) is 0 Å². The van der Waals surface area contributed by atoms with Gasteiger partial charge in [-0.2, -0.15) is 0 Å². The van der Waals surface area contributed by atoms with Crippen LogP contribution in [0.3, 0.4) is 0 Å². The zero-order chi connectivity index (χ0) is 17.9. The van der Waals surface area contributed by atoms with Crippen LogP contribution in [0.4, 0.5) is 11.4 Å². The minimum Gasteiger partial charge on any atom is -0.368 e. The van der Waals surface area contributed by atoms with Gasteiger partial charge < -0.3 is 10.1 Å². The molecule has 1 unspecified atom stereocenters. The van der Waals surface area contributed by atoms with Crippen molar-refractivity contribution in [2.24, 2.45) is 0 Å². The van der Waals surface area contributed by atoms with Crippen LogP contribution in [0.1, 0.15) is 12.8 Å². The van der Waals surface area contributed by atoms with Gasteiger partial charge in [-0.25, -0.2) is 8.42 Å². The highest BCUT2D eigenvalue weighted by Crippen LogP contribution is 2.24. The SMILES string of the molecule is O=C(Nc1ccc(NS(=O)(=O)c2ccccc2Br)cc1)C1CCCO1. The van der Waals surface area contributed by atoms with Crippen LogP contribution in [0, 0.1) is 0 Å². The third-order valence-corrected chi connectivity index (χ3v) is 6.15. The summed E-state index contributed by atoms with van der Waals surface area (Å²) in [6.45, 7) is 0.605. The fraction of sp³-hybridized carbons (Fsp3) is 0.235. The molecule has 0 aromatic heterocycles. The number of halogens is 1. The second-order valence-electron chi connectivity index (χ2n) is 5.60. The highest BCUT2D eigenvalue weighted by molar-refractivity contribution is 9.10. The van der Waals surface area contributed by atoms with Crippen LogP contribution in [-0.4, -0.2) is 27.0 Å². The number of sulfonamides is 1. The monoisotopic (exact) mass is 424 g/mol. The molecule has 132 valence electrons. The van der Waals surface area contributed by atoms with Crippen molar-refractivity contribution in [3.05, 3.63) is 53.0 Å². The highest BCUT2D eigenvalue weighted by atomic mass is 79.9. The molecule has 8 heteroatoms. The zero-order valence-electron chi connectivity index (χ0n) is 13.2. The van der Waals surface area contributed by atoms with Crippen LogP contribution >= 0.6 is 15.9 Å². The first kappa shape index (κ1) is 17.9. The lowest BCUT2D eigenvalue weighted by atomic mass is 10.2. The summed E-state index contributed by atoms with van der Waals surface area (Å²) in [6.07, 6.45) is 1.19. The van der Waals surface area contributed by atoms with Crippen molar-refractivity contribution in [1.29, 1.82) is 0 Å². The number of nitrogens with one attached hydrogen (secondary N) is 2. The molecule has 0 radical (unpaired) electrons. The first-order chi connectivity index (χ1) is 12.0. The number of ether oxygens (including phenoxy) is 1. The van der Waals surface area contributed by atoms with Gasteiger partial charge in [-0.3, -0.25) is 9.52 Å². The summed E-state index contributed by atoms with van der Waals surface area (Å²) in [4.78, 5) is 12.2. The van der Waals surface area contributed by atoms with E-state index in [2.05, 4.69) is 26.0 Å². The van der Waals surface area contributed by atoms with E-state index in [4.69, 9.17) is 4.74 Å². The van der Waals surface area contributed by atoms with Crippen LogP contribution in [-0.2, 0) is 19.6 Å². The molecule has 0 aliphatic carbocycles. The van der Waals surface area contributed by atoms with Gasteiger partial charge in [0, 0.05) is 22.5 Å². The average Bonchev–Trinajstić information content (AvgIpc) is 3.11. The average molecular weight is 425 g/mol. The van der Waals surface area contributed by atoms with Crippen molar-refractivity contribution in [3.63, 3.8) is 0 Å². The lowest BCUT2D eigenvalue weighted by Gasteiger charge is -2.12. The van der Waals surface area contributed by atoms with Crippen molar-refractivity contribution in [2.45, 2.75) is 23.8 Å². The summed E-state index contributed by atoms with van der Waals surface area (Å²) < 4.78 is 33.2. The molecule has 6 nitrogen and oxygen atoms in total. The van der Waals surface area contributed by atoms with Gasteiger partial charge in [0.1, 0.15) is 11.0 Å². The van der Waals surface area contributed by atoms with Crippen molar-refractivity contribution in [2.75, 3.05) is 16.6 Å². The quantitative estimate of drug-likeness (QED) is 0.770. The number of benzene rings is 2. The second-order valence-corrected chi connectivity index (χ2v) is 8.11. The molecule has 0 spiro atoms. The van der Waals surface area contributed by atoms with Crippen LogP contribution in [0.15, 0.2) is 57.9 Å². The summed E-state index contributed by atoms with van der Waals surface area (Å²) in [5, 5.41) is 2.77. The Kier molecular flexibility index (Phi) is 5.41. The van der Waals surface area contributed by atoms with E-state index >= 15 is 0 Å². The molecule has 0 bridgehead atoms. The maximum absolute atomic E-state index is 12.4. The molecule has 25 heavy (non-hydrogen) atoms. The largest absolute Gasteiger partial charge is 0.368 e. The van der Waals surface area contributed by atoms with E-state index in [1.165, 1.54) is 6.07 Å². The fourth-order valence-corrected chi connectivity index (χ4v) is 4.56. The maximum Gasteiger partial charge on any atom is 0.263 e. The van der Waals surface area contributed by atoms with Gasteiger partial charge in [-0.05, 0) is 65.2 Å². The highest BCUT2D eigenvalue weighted by Gasteiger charge is 2.23. The van der Waals surface area contributed by atoms with Gasteiger partial charge in [0.15, 0.2) is 0 Å². The molecule has 3 rings (SSSR count). The van der Waals surface area contributed by atoms with Crippen molar-refractivity contribution >= 4 is 43.2 Å². The third-order valence-electron chi connectivity index (χ3n) is 3.75. The van der Waals surface area contributed by atoms with Crippen molar-refractivity contribution < 1.29 is 17.9 Å². The summed E-state index contributed by atoms with van der Waals surface area (Å²) in [7, 11) is -3.70. The Hall–Kier alpha value is -1.90. The normalized spacial score (nSPS) is 17.2. The first-order valence-corrected chi connectivity index (χ1v) is 10.0. The van der Waals surface area contributed by atoms with E-state index in [1.54, 1.807) is 42.5 Å². The number of hydrogen-bond donors (Lipinski definition) is 2. The van der Waals surface area contributed by atoms with Gasteiger partial charge in [0.2, 0.25) is 0 Å². The predicted octanol–water partition coefficient (Wildman–Crippen LogP) is 3.37. The Morgan fingerprint density at radius 2 is 1.76 bits per heavy atom. The zero-order valence-corrected chi connectivity index (χ0v) is 15.6. The smallest absolute Gasteiger partial charge is 0.263 e. The molecule has 1 aliphatic rings. The van der Waals surface area contributed by atoms with Crippen LogP contribution < -0.4 is 10.0 Å². The molecule has 2 aromatic carbocycles. The molecule has 1 saturated heterocycles. The first-order valence-electron chi connectivity index (χ1n) is 7.75. The van der Waals surface area contributed by atoms with E-state index in [-0.39, 0.29) is 10.8 Å². The van der Waals surface area contributed by atoms with Gasteiger partial charge in [-0.15, -0.1) is 0 Å². The maximum atomic E-state index is 12.4. The van der Waals surface area contributed by atoms with E-state index in [0.717, 1.165) is 12.8 Å². The minimum absolute atomic E-state index is 0.158. The fourth-order valence-electron chi connectivity index (χ4n) is 2.50. The number of carbonyl (C=O) groups excluding carboxylic acids is 1. The van der Waals surface area contributed by atoms with Gasteiger partial charge in [0.25, 0.3) is 15.9 Å². The Balaban J connectivity index is 1.68. The lowest BCUT2D eigenvalue weighted by molar-refractivity contribution is -0.124. The standard InChI is InChI=1S/C17H17BrN2O4S/c18-14-4-1-2-6-16(14)25(22,23)20-13-9-7-12(8-10-13)19-17(21)15-5-3-11-24-15/h1-2,4,6-10,15,20H,3,5,11H2,(H,19,21). The van der Waals surface area contributed by atoms with Gasteiger partial charge in [0.05, 0.1) is 0 Å². The number of carbonyl (C=O) groups is 1. The predicted molar refractivity (Wildman–Crippen MR) is 99.0 cm³/mol. The second kappa shape index (κ2) is 7.55. The lowest BCUT2D eigenvalue weighted by Crippen LogP contribution is -2.26. The molecule has 0 saturated carbocycles. The number of rotatable bonds is 5. The van der Waals surface area contributed by atoms with Gasteiger partial charge >= 0.3 is 0 Å². The molecule has 2 aromatic rings. The van der Waals surface area contributed by atoms with E-state index in [9.17, 15) is 13.2 Å².